The van der Waals surface area contributed by atoms with E-state index in [0.29, 0.717) is 0 Å². The van der Waals surface area contributed by atoms with E-state index in [2.05, 4.69) is 16.4 Å². The van der Waals surface area contributed by atoms with Crippen molar-refractivity contribution in [3.8, 4) is 0 Å². The van der Waals surface area contributed by atoms with Crippen LogP contribution >= 0.6 is 0 Å². The highest BCUT2D eigenvalue weighted by atomic mass is 16.5. The van der Waals surface area contributed by atoms with E-state index in [1.165, 1.54) is 5.01 Å². The number of ether oxygens (including phenoxy) is 2. The van der Waals surface area contributed by atoms with Crippen LogP contribution in [0.5, 0.6) is 0 Å². The van der Waals surface area contributed by atoms with Crippen LogP contribution in [0.2, 0.25) is 0 Å². The highest BCUT2D eigenvalue weighted by Crippen LogP contribution is 2.44. The molecular weight excluding hydrogens is 510 g/mol. The van der Waals surface area contributed by atoms with Crippen molar-refractivity contribution in [1.29, 1.82) is 0 Å². The molecule has 0 spiro atoms. The summed E-state index contributed by atoms with van der Waals surface area (Å²) in [5.41, 5.74) is 3.54. The largest absolute Gasteiger partial charge is 0.461 e. The maximum atomic E-state index is 13.9. The van der Waals surface area contributed by atoms with Gasteiger partial charge in [-0.3, -0.25) is 4.79 Å². The standard InChI is InChI=1S/C30H31N5O5/c1-3-39-29(37)26-28(30(38)40-4-2)34(33-31-26)19-24(36)35-27(21-14-9-6-10-15-21)23-17-11-16-22(25(23)32-35)18-20-12-7-5-8-13-20/h5-10,12-15,18,23,27H,3-4,11,16-17,19H2,1-2H3/b22-18+/t23-,27-/m1/s1. The van der Waals surface area contributed by atoms with Crippen LogP contribution in [0.1, 0.15) is 71.3 Å². The van der Waals surface area contributed by atoms with Crippen molar-refractivity contribution < 1.29 is 23.9 Å². The molecule has 1 aromatic heterocycles. The van der Waals surface area contributed by atoms with E-state index in [-0.39, 0.29) is 49.0 Å². The van der Waals surface area contributed by atoms with Gasteiger partial charge >= 0.3 is 11.9 Å². The fourth-order valence-electron chi connectivity index (χ4n) is 5.30. The lowest BCUT2D eigenvalue weighted by Gasteiger charge is -2.29. The van der Waals surface area contributed by atoms with E-state index in [9.17, 15) is 14.4 Å². The highest BCUT2D eigenvalue weighted by Gasteiger charge is 2.44. The monoisotopic (exact) mass is 541 g/mol. The molecule has 0 N–H and O–H groups in total. The molecule has 1 aliphatic carbocycles. The second-order valence-electron chi connectivity index (χ2n) is 9.54. The fourth-order valence-corrected chi connectivity index (χ4v) is 5.30. The number of carbonyl (C=O) groups excluding carboxylic acids is 3. The Labute approximate surface area is 232 Å². The second-order valence-corrected chi connectivity index (χ2v) is 9.54. The van der Waals surface area contributed by atoms with E-state index in [4.69, 9.17) is 14.6 Å². The molecule has 2 aliphatic rings. The Kier molecular flexibility index (Phi) is 8.14. The Morgan fingerprint density at radius 2 is 1.62 bits per heavy atom. The number of rotatable bonds is 8. The molecule has 2 atom stereocenters. The number of benzene rings is 2. The lowest BCUT2D eigenvalue weighted by atomic mass is 9.77. The first-order valence-electron chi connectivity index (χ1n) is 13.5. The van der Waals surface area contributed by atoms with Crippen molar-refractivity contribution in [2.75, 3.05) is 13.2 Å². The van der Waals surface area contributed by atoms with Gasteiger partial charge in [0.15, 0.2) is 5.69 Å². The molecule has 206 valence electrons. The fraction of sp³-hybridized carbons (Fsp3) is 0.333. The van der Waals surface area contributed by atoms with Crippen molar-refractivity contribution in [2.45, 2.75) is 45.7 Å². The Hall–Kier alpha value is -4.60. The molecule has 0 bridgehead atoms. The molecule has 0 radical (unpaired) electrons. The van der Waals surface area contributed by atoms with Gasteiger partial charge in [-0.05, 0) is 55.9 Å². The van der Waals surface area contributed by atoms with Crippen LogP contribution < -0.4 is 0 Å². The van der Waals surface area contributed by atoms with Crippen molar-refractivity contribution in [3.05, 3.63) is 88.8 Å². The van der Waals surface area contributed by atoms with E-state index < -0.39 is 11.9 Å². The molecule has 40 heavy (non-hydrogen) atoms. The molecule has 2 heterocycles. The minimum absolute atomic E-state index is 0.0189. The molecule has 2 aromatic carbocycles. The van der Waals surface area contributed by atoms with Gasteiger partial charge in [0.1, 0.15) is 6.54 Å². The minimum atomic E-state index is -0.811. The van der Waals surface area contributed by atoms with Gasteiger partial charge in [-0.25, -0.2) is 19.3 Å². The summed E-state index contributed by atoms with van der Waals surface area (Å²) in [7, 11) is 0. The van der Waals surface area contributed by atoms with Crippen LogP contribution in [-0.4, -0.2) is 56.8 Å². The summed E-state index contributed by atoms with van der Waals surface area (Å²) in [4.78, 5) is 39.1. The van der Waals surface area contributed by atoms with E-state index >= 15 is 0 Å². The highest BCUT2D eigenvalue weighted by molar-refractivity contribution is 6.08. The molecule has 10 nitrogen and oxygen atoms in total. The van der Waals surface area contributed by atoms with E-state index in [0.717, 1.165) is 46.4 Å². The molecule has 3 aromatic rings. The van der Waals surface area contributed by atoms with Gasteiger partial charge in [0.2, 0.25) is 5.69 Å². The normalized spacial score (nSPS) is 19.2. The Balaban J connectivity index is 1.51. The van der Waals surface area contributed by atoms with Crippen molar-refractivity contribution in [1.82, 2.24) is 20.0 Å². The van der Waals surface area contributed by atoms with Gasteiger partial charge in [-0.1, -0.05) is 65.9 Å². The maximum Gasteiger partial charge on any atom is 0.361 e. The van der Waals surface area contributed by atoms with Gasteiger partial charge in [0.25, 0.3) is 5.91 Å². The van der Waals surface area contributed by atoms with Crippen LogP contribution in [0.4, 0.5) is 0 Å². The van der Waals surface area contributed by atoms with Crippen LogP contribution in [0, 0.1) is 5.92 Å². The van der Waals surface area contributed by atoms with Crippen molar-refractivity contribution in [2.24, 2.45) is 11.0 Å². The summed E-state index contributed by atoms with van der Waals surface area (Å²) < 4.78 is 11.3. The zero-order chi connectivity index (χ0) is 28.1. The molecule has 1 aliphatic heterocycles. The number of carbonyl (C=O) groups is 3. The number of esters is 2. The van der Waals surface area contributed by atoms with E-state index in [1.807, 2.05) is 60.7 Å². The summed E-state index contributed by atoms with van der Waals surface area (Å²) in [5.74, 6) is -1.99. The average molecular weight is 542 g/mol. The Morgan fingerprint density at radius 1 is 0.950 bits per heavy atom. The lowest BCUT2D eigenvalue weighted by Crippen LogP contribution is -2.34. The van der Waals surface area contributed by atoms with Crippen LogP contribution in [0.3, 0.4) is 0 Å². The predicted octanol–water partition coefficient (Wildman–Crippen LogP) is 4.45. The summed E-state index contributed by atoms with van der Waals surface area (Å²) >= 11 is 0. The molecule has 1 fully saturated rings. The predicted molar refractivity (Wildman–Crippen MR) is 147 cm³/mol. The number of aromatic nitrogens is 3. The van der Waals surface area contributed by atoms with Crippen LogP contribution in [0.25, 0.3) is 6.08 Å². The smallest absolute Gasteiger partial charge is 0.361 e. The SMILES string of the molecule is CCOC(=O)c1nnn(CC(=O)N2N=C3/C(=C/c4ccccc4)CCC[C@H]3[C@H]2c2ccccc2)c1C(=O)OCC. The first kappa shape index (κ1) is 27.0. The number of hydrogen-bond donors (Lipinski definition) is 0. The number of hydrogen-bond acceptors (Lipinski definition) is 8. The Bertz CT molecular complexity index is 1450. The lowest BCUT2D eigenvalue weighted by molar-refractivity contribution is -0.134. The minimum Gasteiger partial charge on any atom is -0.461 e. The second kappa shape index (κ2) is 12.1. The summed E-state index contributed by atoms with van der Waals surface area (Å²) in [6, 6.07) is 19.6. The molecule has 0 saturated heterocycles. The van der Waals surface area contributed by atoms with Gasteiger partial charge in [-0.15, -0.1) is 5.10 Å². The average Bonchev–Trinajstić information content (AvgIpc) is 3.57. The van der Waals surface area contributed by atoms with Crippen LogP contribution in [0.15, 0.2) is 71.3 Å². The summed E-state index contributed by atoms with van der Waals surface area (Å²) in [5, 5.41) is 14.2. The number of fused-ring (bicyclic) bond motifs is 1. The third kappa shape index (κ3) is 5.42. The third-order valence-electron chi connectivity index (χ3n) is 7.00. The first-order valence-corrected chi connectivity index (χ1v) is 13.5. The van der Waals surface area contributed by atoms with Crippen LogP contribution in [-0.2, 0) is 20.8 Å². The van der Waals surface area contributed by atoms with Crippen molar-refractivity contribution >= 4 is 29.6 Å². The molecule has 1 amide bonds. The first-order chi connectivity index (χ1) is 19.5. The number of allylic oxidation sites excluding steroid dienone is 1. The van der Waals surface area contributed by atoms with E-state index in [1.54, 1.807) is 13.8 Å². The third-order valence-corrected chi connectivity index (χ3v) is 7.00. The molecule has 10 heteroatoms. The topological polar surface area (TPSA) is 116 Å². The number of nitrogens with zero attached hydrogens (tertiary/aromatic N) is 5. The maximum absolute atomic E-state index is 13.9. The quantitative estimate of drug-likeness (QED) is 0.387. The molecule has 0 unspecified atom stereocenters. The molecular formula is C30H31N5O5. The zero-order valence-electron chi connectivity index (χ0n) is 22.5. The molecule has 1 saturated carbocycles. The summed E-state index contributed by atoms with van der Waals surface area (Å²) in [6.07, 6.45) is 4.88. The van der Waals surface area contributed by atoms with Gasteiger partial charge in [-0.2, -0.15) is 5.10 Å². The molecule has 5 rings (SSSR count). The van der Waals surface area contributed by atoms with Crippen molar-refractivity contribution in [3.63, 3.8) is 0 Å². The number of hydrazone groups is 1. The van der Waals surface area contributed by atoms with Gasteiger partial charge < -0.3 is 9.47 Å². The summed E-state index contributed by atoms with van der Waals surface area (Å²) in [6.45, 7) is 3.11. The van der Waals surface area contributed by atoms with Gasteiger partial charge in [0, 0.05) is 5.92 Å². The van der Waals surface area contributed by atoms with Gasteiger partial charge in [0.05, 0.1) is 25.0 Å². The Morgan fingerprint density at radius 3 is 2.33 bits per heavy atom. The number of amides is 1. The zero-order valence-corrected chi connectivity index (χ0v) is 22.5.